The van der Waals surface area contributed by atoms with Gasteiger partial charge in [0.05, 0.1) is 22.8 Å². The lowest BCUT2D eigenvalue weighted by Gasteiger charge is -2.19. The van der Waals surface area contributed by atoms with Gasteiger partial charge >= 0.3 is 12.0 Å². The summed E-state index contributed by atoms with van der Waals surface area (Å²) in [5, 5.41) is 4.40. The average Bonchev–Trinajstić information content (AvgIpc) is 2.77. The average molecular weight is 464 g/mol. The van der Waals surface area contributed by atoms with Crippen molar-refractivity contribution in [1.82, 2.24) is 10.6 Å². The Morgan fingerprint density at radius 2 is 1.62 bits per heavy atom. The first-order valence-electron chi connectivity index (χ1n) is 9.54. The number of esters is 1. The van der Waals surface area contributed by atoms with E-state index >= 15 is 0 Å². The van der Waals surface area contributed by atoms with Crippen LogP contribution in [0.4, 0.5) is 10.5 Å². The first-order valence-corrected chi connectivity index (χ1v) is 11.0. The van der Waals surface area contributed by atoms with E-state index in [-0.39, 0.29) is 23.6 Å². The first-order chi connectivity index (χ1) is 15.1. The third kappa shape index (κ3) is 6.79. The zero-order valence-electron chi connectivity index (χ0n) is 18.0. The number of sulfonamides is 1. The maximum Gasteiger partial charge on any atom is 0.338 e. The van der Waals surface area contributed by atoms with Gasteiger partial charge in [0.2, 0.25) is 0 Å². The second kappa shape index (κ2) is 11.3. The third-order valence-corrected chi connectivity index (χ3v) is 6.12. The van der Waals surface area contributed by atoms with Crippen molar-refractivity contribution < 1.29 is 32.3 Å². The van der Waals surface area contributed by atoms with E-state index in [9.17, 15) is 22.8 Å². The third-order valence-electron chi connectivity index (χ3n) is 4.33. The molecule has 0 aliphatic carbocycles. The van der Waals surface area contributed by atoms with Crippen LogP contribution in [0.25, 0.3) is 0 Å². The minimum Gasteiger partial charge on any atom is -0.452 e. The molecule has 32 heavy (non-hydrogen) atoms. The van der Waals surface area contributed by atoms with Gasteiger partial charge < -0.3 is 14.8 Å². The maximum absolute atomic E-state index is 12.8. The molecule has 11 heteroatoms. The van der Waals surface area contributed by atoms with Crippen LogP contribution in [0, 0.1) is 6.92 Å². The molecule has 0 saturated carbocycles. The van der Waals surface area contributed by atoms with Crippen LogP contribution in [0.1, 0.15) is 15.9 Å². The fourth-order valence-electron chi connectivity index (χ4n) is 2.50. The topological polar surface area (TPSA) is 131 Å². The predicted octanol–water partition coefficient (Wildman–Crippen LogP) is 1.45. The molecule has 0 radical (unpaired) electrons. The highest BCUT2D eigenvalue weighted by Gasteiger charge is 2.21. The molecule has 0 aliphatic rings. The fraction of sp³-hybridized carbons (Fsp3) is 0.286. The number of hydrogen-bond donors (Lipinski definition) is 2. The zero-order chi connectivity index (χ0) is 23.7. The second-order valence-corrected chi connectivity index (χ2v) is 8.67. The Hall–Kier alpha value is -3.44. The molecule has 0 saturated heterocycles. The Bertz CT molecular complexity index is 1050. The molecule has 2 N–H and O–H groups in total. The molecule has 0 aromatic heterocycles. The van der Waals surface area contributed by atoms with E-state index in [1.165, 1.54) is 50.6 Å². The van der Waals surface area contributed by atoms with E-state index in [4.69, 9.17) is 9.47 Å². The number of ether oxygens (including phenoxy) is 2. The summed E-state index contributed by atoms with van der Waals surface area (Å²) in [6, 6.07) is 11.4. The first kappa shape index (κ1) is 24.8. The monoisotopic (exact) mass is 463 g/mol. The van der Waals surface area contributed by atoms with Gasteiger partial charge in [-0.15, -0.1) is 0 Å². The molecule has 0 fully saturated rings. The molecule has 0 bridgehead atoms. The summed E-state index contributed by atoms with van der Waals surface area (Å²) in [5.41, 5.74) is 1.40. The number of nitrogens with one attached hydrogen (secondary N) is 2. The Balaban J connectivity index is 1.93. The number of anilines is 1. The molecular weight excluding hydrogens is 438 g/mol. The van der Waals surface area contributed by atoms with Gasteiger partial charge in [0, 0.05) is 20.7 Å². The highest BCUT2D eigenvalue weighted by molar-refractivity contribution is 7.92. The SMILES string of the molecule is COCCNC(=O)NC(=O)COC(=O)c1ccc(N(C)S(=O)(=O)c2ccc(C)cc2)cc1. The molecule has 2 aromatic carbocycles. The van der Waals surface area contributed by atoms with Crippen molar-refractivity contribution in [3.8, 4) is 0 Å². The number of hydrogen-bond acceptors (Lipinski definition) is 7. The van der Waals surface area contributed by atoms with Crippen molar-refractivity contribution in [3.05, 3.63) is 59.7 Å². The van der Waals surface area contributed by atoms with Crippen LogP contribution < -0.4 is 14.9 Å². The summed E-state index contributed by atoms with van der Waals surface area (Å²) >= 11 is 0. The molecule has 2 aromatic rings. The van der Waals surface area contributed by atoms with Crippen LogP contribution in [0.15, 0.2) is 53.4 Å². The number of urea groups is 1. The van der Waals surface area contributed by atoms with Gasteiger partial charge in [-0.2, -0.15) is 0 Å². The van der Waals surface area contributed by atoms with Crippen molar-refractivity contribution in [2.45, 2.75) is 11.8 Å². The van der Waals surface area contributed by atoms with Crippen LogP contribution in [0.2, 0.25) is 0 Å². The van der Waals surface area contributed by atoms with Crippen molar-refractivity contribution >= 4 is 33.6 Å². The van der Waals surface area contributed by atoms with Crippen molar-refractivity contribution in [2.24, 2.45) is 0 Å². The molecule has 3 amide bonds. The van der Waals surface area contributed by atoms with Crippen LogP contribution >= 0.6 is 0 Å². The lowest BCUT2D eigenvalue weighted by Crippen LogP contribution is -2.42. The minimum atomic E-state index is -3.76. The van der Waals surface area contributed by atoms with Gasteiger partial charge in [-0.1, -0.05) is 17.7 Å². The number of imide groups is 1. The largest absolute Gasteiger partial charge is 0.452 e. The highest BCUT2D eigenvalue weighted by Crippen LogP contribution is 2.22. The van der Waals surface area contributed by atoms with Gasteiger partial charge in [-0.25, -0.2) is 18.0 Å². The van der Waals surface area contributed by atoms with Gasteiger partial charge in [0.1, 0.15) is 0 Å². The lowest BCUT2D eigenvalue weighted by atomic mass is 10.2. The van der Waals surface area contributed by atoms with Crippen molar-refractivity contribution in [1.29, 1.82) is 0 Å². The van der Waals surface area contributed by atoms with E-state index in [0.717, 1.165) is 9.87 Å². The van der Waals surface area contributed by atoms with Crippen molar-refractivity contribution in [3.63, 3.8) is 0 Å². The second-order valence-electron chi connectivity index (χ2n) is 6.71. The Labute approximate surface area is 186 Å². The maximum atomic E-state index is 12.8. The quantitative estimate of drug-likeness (QED) is 0.425. The molecule has 172 valence electrons. The number of carbonyl (C=O) groups is 3. The molecule has 0 heterocycles. The van der Waals surface area contributed by atoms with E-state index in [1.54, 1.807) is 12.1 Å². The fourth-order valence-corrected chi connectivity index (χ4v) is 3.70. The Morgan fingerprint density at radius 1 is 1.00 bits per heavy atom. The standard InChI is InChI=1S/C21H25N3O7S/c1-15-4-10-18(11-5-15)32(28,29)24(2)17-8-6-16(7-9-17)20(26)31-14-19(25)23-21(27)22-12-13-30-3/h4-11H,12-14H2,1-3H3,(H2,22,23,25,27). The molecule has 0 aliphatic heterocycles. The summed E-state index contributed by atoms with van der Waals surface area (Å²) in [6.07, 6.45) is 0. The zero-order valence-corrected chi connectivity index (χ0v) is 18.8. The molecule has 10 nitrogen and oxygen atoms in total. The highest BCUT2D eigenvalue weighted by atomic mass is 32.2. The normalized spacial score (nSPS) is 10.8. The van der Waals surface area contributed by atoms with E-state index < -0.39 is 34.5 Å². The number of nitrogens with zero attached hydrogens (tertiary/aromatic N) is 1. The molecule has 2 rings (SSSR count). The predicted molar refractivity (Wildman–Crippen MR) is 117 cm³/mol. The Morgan fingerprint density at radius 3 is 2.22 bits per heavy atom. The number of methoxy groups -OCH3 is 1. The minimum absolute atomic E-state index is 0.118. The number of amides is 3. The van der Waals surface area contributed by atoms with E-state index in [1.807, 2.05) is 12.2 Å². The summed E-state index contributed by atoms with van der Waals surface area (Å²) in [4.78, 5) is 35.4. The number of carbonyl (C=O) groups excluding carboxylic acids is 3. The van der Waals surface area contributed by atoms with Gasteiger partial charge in [0.25, 0.3) is 15.9 Å². The number of rotatable bonds is 9. The molecule has 0 atom stereocenters. The van der Waals surface area contributed by atoms with Crippen molar-refractivity contribution in [2.75, 3.05) is 38.2 Å². The molecule has 0 unspecified atom stereocenters. The summed E-state index contributed by atoms with van der Waals surface area (Å²) < 4.78 is 36.3. The van der Waals surface area contributed by atoms with Gasteiger partial charge in [-0.3, -0.25) is 14.4 Å². The number of benzene rings is 2. The molecular formula is C21H25N3O7S. The van der Waals surface area contributed by atoms with Crippen LogP contribution in [0.5, 0.6) is 0 Å². The summed E-state index contributed by atoms with van der Waals surface area (Å²) in [5.74, 6) is -1.59. The molecule has 0 spiro atoms. The van der Waals surface area contributed by atoms with Gasteiger partial charge in [0.15, 0.2) is 6.61 Å². The number of aryl methyl sites for hydroxylation is 1. The smallest absolute Gasteiger partial charge is 0.338 e. The van der Waals surface area contributed by atoms with Crippen LogP contribution in [-0.4, -0.2) is 60.2 Å². The summed E-state index contributed by atoms with van der Waals surface area (Å²) in [7, 11) is -0.888. The van der Waals surface area contributed by atoms with Crippen LogP contribution in [-0.2, 0) is 24.3 Å². The summed E-state index contributed by atoms with van der Waals surface area (Å²) in [6.45, 7) is 1.71. The Kier molecular flexibility index (Phi) is 8.73. The van der Waals surface area contributed by atoms with E-state index in [0.29, 0.717) is 5.69 Å². The van der Waals surface area contributed by atoms with Gasteiger partial charge in [-0.05, 0) is 43.3 Å². The van der Waals surface area contributed by atoms with Crippen LogP contribution in [0.3, 0.4) is 0 Å². The van der Waals surface area contributed by atoms with E-state index in [2.05, 4.69) is 5.32 Å². The lowest BCUT2D eigenvalue weighted by molar-refractivity contribution is -0.123.